The van der Waals surface area contributed by atoms with Crippen molar-refractivity contribution in [2.45, 2.75) is 65.7 Å². The molecule has 0 N–H and O–H groups in total. The van der Waals surface area contributed by atoms with Gasteiger partial charge in [-0.3, -0.25) is 4.79 Å². The number of fused-ring (bicyclic) bond motifs is 1. The van der Waals surface area contributed by atoms with Crippen molar-refractivity contribution in [2.24, 2.45) is 0 Å². The second-order valence-electron chi connectivity index (χ2n) is 8.30. The van der Waals surface area contributed by atoms with E-state index in [-0.39, 0.29) is 36.7 Å². The summed E-state index contributed by atoms with van der Waals surface area (Å²) < 4.78 is 12.8. The maximum Gasteiger partial charge on any atom is 0.339 e. The van der Waals surface area contributed by atoms with Crippen LogP contribution in [0.4, 0.5) is 0 Å². The summed E-state index contributed by atoms with van der Waals surface area (Å²) in [6, 6.07) is 1.85. The third-order valence-electron chi connectivity index (χ3n) is 4.99. The standard InChI is InChI=1S/C21H30N4O4/c1-12(2)18-7-16(17-8-22-25(13(3)4)20(17)23-18)21(27)28-11-19(26)24-9-14(5)29-15(6)10-24/h7-8,12-15H,9-11H2,1-6H3/t14-,15+. The highest BCUT2D eigenvalue weighted by Gasteiger charge is 2.27. The number of esters is 1. The number of rotatable bonds is 5. The molecule has 0 unspecified atom stereocenters. The van der Waals surface area contributed by atoms with Crippen LogP contribution in [0.3, 0.4) is 0 Å². The Labute approximate surface area is 171 Å². The average molecular weight is 402 g/mol. The van der Waals surface area contributed by atoms with Crippen molar-refractivity contribution >= 4 is 22.9 Å². The molecule has 2 atom stereocenters. The number of hydrogen-bond acceptors (Lipinski definition) is 6. The highest BCUT2D eigenvalue weighted by atomic mass is 16.5. The van der Waals surface area contributed by atoms with Crippen LogP contribution >= 0.6 is 0 Å². The van der Waals surface area contributed by atoms with E-state index in [1.165, 1.54) is 0 Å². The Balaban J connectivity index is 1.80. The minimum absolute atomic E-state index is 0.0336. The predicted octanol–water partition coefficient (Wildman–Crippen LogP) is 2.93. The lowest BCUT2D eigenvalue weighted by molar-refractivity contribution is -0.146. The zero-order chi connectivity index (χ0) is 21.3. The van der Waals surface area contributed by atoms with Gasteiger partial charge in [-0.05, 0) is 39.7 Å². The Hall–Kier alpha value is -2.48. The van der Waals surface area contributed by atoms with Crippen LogP contribution in [0, 0.1) is 0 Å². The molecule has 2 aromatic rings. The quantitative estimate of drug-likeness (QED) is 0.715. The van der Waals surface area contributed by atoms with E-state index < -0.39 is 5.97 Å². The Morgan fingerprint density at radius 1 is 1.21 bits per heavy atom. The normalized spacial score (nSPS) is 19.9. The number of pyridine rings is 1. The molecule has 1 saturated heterocycles. The summed E-state index contributed by atoms with van der Waals surface area (Å²) in [4.78, 5) is 31.7. The summed E-state index contributed by atoms with van der Waals surface area (Å²) in [5.74, 6) is -0.614. The van der Waals surface area contributed by atoms with Gasteiger partial charge in [-0.15, -0.1) is 0 Å². The van der Waals surface area contributed by atoms with Crippen molar-refractivity contribution < 1.29 is 19.1 Å². The van der Waals surface area contributed by atoms with Crippen molar-refractivity contribution in [1.29, 1.82) is 0 Å². The van der Waals surface area contributed by atoms with Crippen molar-refractivity contribution in [3.63, 3.8) is 0 Å². The molecular weight excluding hydrogens is 372 g/mol. The summed E-state index contributed by atoms with van der Waals surface area (Å²) in [6.45, 7) is 12.6. The van der Waals surface area contributed by atoms with E-state index in [0.717, 1.165) is 5.69 Å². The number of ether oxygens (including phenoxy) is 2. The molecule has 1 aliphatic rings. The van der Waals surface area contributed by atoms with Crippen LogP contribution in [0.15, 0.2) is 12.3 Å². The molecule has 1 aliphatic heterocycles. The lowest BCUT2D eigenvalue weighted by Gasteiger charge is -2.35. The van der Waals surface area contributed by atoms with Gasteiger partial charge in [0.15, 0.2) is 12.3 Å². The second-order valence-corrected chi connectivity index (χ2v) is 8.30. The minimum Gasteiger partial charge on any atom is -0.452 e. The molecule has 1 fully saturated rings. The molecule has 29 heavy (non-hydrogen) atoms. The predicted molar refractivity (Wildman–Crippen MR) is 109 cm³/mol. The average Bonchev–Trinajstić information content (AvgIpc) is 3.08. The first-order chi connectivity index (χ1) is 13.7. The van der Waals surface area contributed by atoms with Crippen LogP contribution in [-0.2, 0) is 14.3 Å². The van der Waals surface area contributed by atoms with Crippen LogP contribution in [0.2, 0.25) is 0 Å². The van der Waals surface area contributed by atoms with E-state index in [1.807, 2.05) is 41.5 Å². The van der Waals surface area contributed by atoms with Gasteiger partial charge < -0.3 is 14.4 Å². The van der Waals surface area contributed by atoms with Crippen LogP contribution in [-0.4, -0.2) is 63.4 Å². The topological polar surface area (TPSA) is 86.5 Å². The molecule has 1 amide bonds. The van der Waals surface area contributed by atoms with Gasteiger partial charge in [-0.2, -0.15) is 5.10 Å². The Morgan fingerprint density at radius 2 is 1.86 bits per heavy atom. The largest absolute Gasteiger partial charge is 0.452 e. The maximum absolute atomic E-state index is 12.8. The van der Waals surface area contributed by atoms with E-state index in [2.05, 4.69) is 10.1 Å². The van der Waals surface area contributed by atoms with E-state index in [9.17, 15) is 9.59 Å². The van der Waals surface area contributed by atoms with E-state index in [4.69, 9.17) is 9.47 Å². The minimum atomic E-state index is -0.537. The third kappa shape index (κ3) is 4.58. The Kier molecular flexibility index (Phi) is 6.21. The molecule has 8 heteroatoms. The number of carbonyl (C=O) groups excluding carboxylic acids is 2. The van der Waals surface area contributed by atoms with Gasteiger partial charge in [0, 0.05) is 24.8 Å². The van der Waals surface area contributed by atoms with Crippen molar-refractivity contribution in [2.75, 3.05) is 19.7 Å². The van der Waals surface area contributed by atoms with Gasteiger partial charge in [0.2, 0.25) is 0 Å². The maximum atomic E-state index is 12.8. The molecule has 0 aliphatic carbocycles. The third-order valence-corrected chi connectivity index (χ3v) is 4.99. The van der Waals surface area contributed by atoms with Crippen LogP contribution < -0.4 is 0 Å². The van der Waals surface area contributed by atoms with Gasteiger partial charge in [-0.25, -0.2) is 14.5 Å². The fourth-order valence-corrected chi connectivity index (χ4v) is 3.56. The molecule has 0 radical (unpaired) electrons. The Morgan fingerprint density at radius 3 is 2.45 bits per heavy atom. The van der Waals surface area contributed by atoms with E-state index >= 15 is 0 Å². The van der Waals surface area contributed by atoms with Gasteiger partial charge in [0.25, 0.3) is 5.91 Å². The fourth-order valence-electron chi connectivity index (χ4n) is 3.56. The van der Waals surface area contributed by atoms with Crippen LogP contribution in [0.1, 0.15) is 69.6 Å². The summed E-state index contributed by atoms with van der Waals surface area (Å²) >= 11 is 0. The second kappa shape index (κ2) is 8.49. The van der Waals surface area contributed by atoms with Gasteiger partial charge in [-0.1, -0.05) is 13.8 Å². The number of morpholine rings is 1. The van der Waals surface area contributed by atoms with E-state index in [1.54, 1.807) is 21.8 Å². The monoisotopic (exact) mass is 402 g/mol. The number of aromatic nitrogens is 3. The first-order valence-electron chi connectivity index (χ1n) is 10.2. The van der Waals surface area contributed by atoms with Crippen molar-refractivity contribution in [3.8, 4) is 0 Å². The smallest absolute Gasteiger partial charge is 0.339 e. The molecule has 3 rings (SSSR count). The Bertz CT molecular complexity index is 895. The first kappa shape index (κ1) is 21.2. The first-order valence-corrected chi connectivity index (χ1v) is 10.2. The zero-order valence-corrected chi connectivity index (χ0v) is 18.0. The fraction of sp³-hybridized carbons (Fsp3) is 0.619. The molecule has 0 spiro atoms. The summed E-state index contributed by atoms with van der Waals surface area (Å²) in [5.41, 5.74) is 1.83. The van der Waals surface area contributed by atoms with Crippen molar-refractivity contribution in [3.05, 3.63) is 23.5 Å². The number of nitrogens with zero attached hydrogens (tertiary/aromatic N) is 4. The lowest BCUT2D eigenvalue weighted by Crippen LogP contribution is -2.49. The van der Waals surface area contributed by atoms with Gasteiger partial charge >= 0.3 is 5.97 Å². The highest BCUT2D eigenvalue weighted by molar-refractivity contribution is 6.03. The molecule has 0 aromatic carbocycles. The summed E-state index contributed by atoms with van der Waals surface area (Å²) in [6.07, 6.45) is 1.57. The molecule has 2 aromatic heterocycles. The van der Waals surface area contributed by atoms with Crippen LogP contribution in [0.25, 0.3) is 11.0 Å². The molecule has 0 saturated carbocycles. The number of amides is 1. The SMILES string of the molecule is CC(C)c1cc(C(=O)OCC(=O)N2C[C@@H](C)O[C@@H](C)C2)c2cnn(C(C)C)c2n1. The van der Waals surface area contributed by atoms with Gasteiger partial charge in [0.05, 0.1) is 29.4 Å². The lowest BCUT2D eigenvalue weighted by atomic mass is 10.1. The summed E-state index contributed by atoms with van der Waals surface area (Å²) in [7, 11) is 0. The van der Waals surface area contributed by atoms with Crippen molar-refractivity contribution in [1.82, 2.24) is 19.7 Å². The molecule has 3 heterocycles. The van der Waals surface area contributed by atoms with Crippen LogP contribution in [0.5, 0.6) is 0 Å². The molecule has 0 bridgehead atoms. The molecule has 158 valence electrons. The highest BCUT2D eigenvalue weighted by Crippen LogP contribution is 2.25. The number of carbonyl (C=O) groups is 2. The zero-order valence-electron chi connectivity index (χ0n) is 18.0. The molecular formula is C21H30N4O4. The van der Waals surface area contributed by atoms with Gasteiger partial charge in [0.1, 0.15) is 0 Å². The molecule has 8 nitrogen and oxygen atoms in total. The number of hydrogen-bond donors (Lipinski definition) is 0. The summed E-state index contributed by atoms with van der Waals surface area (Å²) in [5, 5.41) is 5.01. The van der Waals surface area contributed by atoms with E-state index in [0.29, 0.717) is 29.7 Å².